The van der Waals surface area contributed by atoms with Crippen LogP contribution >= 0.6 is 0 Å². The van der Waals surface area contributed by atoms with Gasteiger partial charge in [-0.25, -0.2) is 29.9 Å². The Hall–Kier alpha value is -15.3. The molecule has 0 amide bonds. The minimum atomic E-state index is 0.528. The molecular formula is C102H58N6O4. The molecule has 0 atom stereocenters. The van der Waals surface area contributed by atoms with Crippen LogP contribution in [0.3, 0.4) is 0 Å². The van der Waals surface area contributed by atoms with Gasteiger partial charge in [0.1, 0.15) is 44.7 Å². The molecular weight excluding hydrogens is 1370 g/mol. The number of fused-ring (bicyclic) bond motifs is 16. The van der Waals surface area contributed by atoms with Gasteiger partial charge in [0.25, 0.3) is 0 Å². The predicted octanol–water partition coefficient (Wildman–Crippen LogP) is 27.5. The van der Waals surface area contributed by atoms with Crippen molar-refractivity contribution in [3.8, 4) is 124 Å². The van der Waals surface area contributed by atoms with Crippen LogP contribution < -0.4 is 0 Å². The molecule has 6 heterocycles. The number of para-hydroxylation sites is 3. The summed E-state index contributed by atoms with van der Waals surface area (Å²) in [5.41, 5.74) is 21.8. The molecule has 0 spiro atoms. The zero-order chi connectivity index (χ0) is 73.5. The van der Waals surface area contributed by atoms with Crippen molar-refractivity contribution in [2.75, 3.05) is 0 Å². The van der Waals surface area contributed by atoms with Crippen molar-refractivity contribution >= 4 is 120 Å². The third kappa shape index (κ3) is 10.5. The Kier molecular flexibility index (Phi) is 14.1. The van der Waals surface area contributed by atoms with Crippen molar-refractivity contribution < 1.29 is 17.7 Å². The Labute approximate surface area is 639 Å². The van der Waals surface area contributed by atoms with Crippen LogP contribution in [0.25, 0.3) is 244 Å². The van der Waals surface area contributed by atoms with E-state index >= 15 is 0 Å². The minimum absolute atomic E-state index is 0.528. The summed E-state index contributed by atoms with van der Waals surface area (Å²) >= 11 is 0. The zero-order valence-electron chi connectivity index (χ0n) is 59.8. The van der Waals surface area contributed by atoms with Gasteiger partial charge < -0.3 is 17.7 Å². The van der Waals surface area contributed by atoms with Crippen molar-refractivity contribution in [2.24, 2.45) is 0 Å². The molecule has 0 aliphatic heterocycles. The largest absolute Gasteiger partial charge is 0.456 e. The first-order valence-corrected chi connectivity index (χ1v) is 37.5. The lowest BCUT2D eigenvalue weighted by Crippen LogP contribution is -2.00. The molecule has 112 heavy (non-hydrogen) atoms. The van der Waals surface area contributed by atoms with Crippen LogP contribution in [0.4, 0.5) is 0 Å². The highest BCUT2D eigenvalue weighted by Gasteiger charge is 2.24. The first kappa shape index (κ1) is 62.9. The summed E-state index contributed by atoms with van der Waals surface area (Å²) in [6.45, 7) is 0. The van der Waals surface area contributed by atoms with Gasteiger partial charge >= 0.3 is 0 Å². The summed E-state index contributed by atoms with van der Waals surface area (Å²) in [5.74, 6) is 3.29. The van der Waals surface area contributed by atoms with Gasteiger partial charge in [-0.15, -0.1) is 0 Å². The lowest BCUT2D eigenvalue weighted by Gasteiger charge is -2.10. The van der Waals surface area contributed by atoms with E-state index in [1.807, 2.05) is 60.7 Å². The standard InChI is InChI=1S/C102H58N6O4/c1-2-17-63(18-3-1)97-103-99(108-102(107-97)86-29-12-28-82-78-23-8-9-30-87(78)111-96(82)86)65-41-35-61(36-42-65)69-45-51-84-91(56-69)109-88-31-13-25-80(93(84)88)81-26-14-32-89-94(81)85-52-46-70(57-92(85)110-89)67-20-10-21-73(54-67)100-104-98(64-39-33-60(34-40-64)68-43-37-59-15-4-5-19-66(59)53-68)105-101(106-100)74-48-50-79-83-27-11-24-77(95(83)112-90(79)58-74)72-47-49-76-71(55-72)44-38-62-16-6-7-22-75(62)76/h1-58H. The monoisotopic (exact) mass is 1430 g/mol. The Morgan fingerprint density at radius 1 is 0.152 bits per heavy atom. The van der Waals surface area contributed by atoms with Gasteiger partial charge in [0.05, 0.1) is 5.56 Å². The lowest BCUT2D eigenvalue weighted by atomic mass is 9.94. The fraction of sp³-hybridized carbons (Fsp3) is 0. The maximum Gasteiger partial charge on any atom is 0.167 e. The highest BCUT2D eigenvalue weighted by molar-refractivity contribution is 6.20. The third-order valence-electron chi connectivity index (χ3n) is 22.2. The number of rotatable bonds is 11. The zero-order valence-corrected chi connectivity index (χ0v) is 59.8. The van der Waals surface area contributed by atoms with E-state index in [2.05, 4.69) is 291 Å². The number of aromatic nitrogens is 6. The molecule has 520 valence electrons. The molecule has 23 aromatic rings. The van der Waals surface area contributed by atoms with E-state index in [9.17, 15) is 0 Å². The van der Waals surface area contributed by atoms with E-state index in [0.717, 1.165) is 177 Å². The summed E-state index contributed by atoms with van der Waals surface area (Å²) in [5, 5.41) is 15.5. The van der Waals surface area contributed by atoms with Crippen LogP contribution in [0.15, 0.2) is 370 Å². The second kappa shape index (κ2) is 25.2. The molecule has 23 rings (SSSR count). The van der Waals surface area contributed by atoms with E-state index in [0.29, 0.717) is 34.9 Å². The number of benzene rings is 17. The highest BCUT2D eigenvalue weighted by Crippen LogP contribution is 2.46. The summed E-state index contributed by atoms with van der Waals surface area (Å²) in [7, 11) is 0. The van der Waals surface area contributed by atoms with Gasteiger partial charge in [-0.1, -0.05) is 273 Å². The summed E-state index contributed by atoms with van der Waals surface area (Å²) in [6.07, 6.45) is 0. The van der Waals surface area contributed by atoms with Gasteiger partial charge in [0.2, 0.25) is 0 Å². The summed E-state index contributed by atoms with van der Waals surface area (Å²) < 4.78 is 27.1. The van der Waals surface area contributed by atoms with Crippen molar-refractivity contribution in [1.29, 1.82) is 0 Å². The Morgan fingerprint density at radius 3 is 1.20 bits per heavy atom. The van der Waals surface area contributed by atoms with Gasteiger partial charge in [-0.2, -0.15) is 0 Å². The molecule has 10 nitrogen and oxygen atoms in total. The maximum absolute atomic E-state index is 6.94. The normalized spacial score (nSPS) is 11.9. The molecule has 17 aromatic carbocycles. The first-order valence-electron chi connectivity index (χ1n) is 37.5. The number of nitrogens with zero attached hydrogens (tertiary/aromatic N) is 6. The number of furan rings is 4. The molecule has 0 saturated carbocycles. The van der Waals surface area contributed by atoms with E-state index in [1.165, 1.54) is 32.3 Å². The smallest absolute Gasteiger partial charge is 0.167 e. The van der Waals surface area contributed by atoms with Crippen molar-refractivity contribution in [3.05, 3.63) is 352 Å². The first-order chi connectivity index (χ1) is 55.4. The van der Waals surface area contributed by atoms with Crippen LogP contribution in [0.5, 0.6) is 0 Å². The lowest BCUT2D eigenvalue weighted by molar-refractivity contribution is 0.668. The third-order valence-corrected chi connectivity index (χ3v) is 22.2. The average molecular weight is 1430 g/mol. The minimum Gasteiger partial charge on any atom is -0.456 e. The SMILES string of the molecule is c1ccc(-c2nc(-c3ccc(-c4ccc5c(c4)oc4cccc(-c6cccc7oc8cc(-c9cccc(-c%10nc(-c%11ccc(-c%12ccc%13ccccc%13c%12)cc%11)nc(-c%11ccc%12c(c%11)oc%11c(-c%13ccc%14c(ccc%15ccccc%15%14)c%13)cccc%11%12)n%10)c9)ccc8c67)c45)cc3)nc(-c3cccc4c3oc3ccccc34)n2)cc1. The van der Waals surface area contributed by atoms with Crippen LogP contribution in [0.2, 0.25) is 0 Å². The predicted molar refractivity (Wildman–Crippen MR) is 455 cm³/mol. The topological polar surface area (TPSA) is 130 Å². The van der Waals surface area contributed by atoms with Crippen LogP contribution in [-0.4, -0.2) is 29.9 Å². The molecule has 0 saturated heterocycles. The molecule has 0 fully saturated rings. The molecule has 0 radical (unpaired) electrons. The van der Waals surface area contributed by atoms with E-state index in [-0.39, 0.29) is 0 Å². The van der Waals surface area contributed by atoms with Gasteiger partial charge in [-0.05, 0) is 161 Å². The fourth-order valence-electron chi connectivity index (χ4n) is 16.7. The molecule has 10 heteroatoms. The maximum atomic E-state index is 6.94. The summed E-state index contributed by atoms with van der Waals surface area (Å²) in [4.78, 5) is 31.1. The molecule has 0 bridgehead atoms. The Morgan fingerprint density at radius 2 is 0.509 bits per heavy atom. The Balaban J connectivity index is 0.572. The van der Waals surface area contributed by atoms with Crippen LogP contribution in [-0.2, 0) is 0 Å². The molecule has 0 unspecified atom stereocenters. The second-order valence-electron chi connectivity index (χ2n) is 28.8. The van der Waals surface area contributed by atoms with Gasteiger partial charge in [0.15, 0.2) is 34.9 Å². The second-order valence-corrected chi connectivity index (χ2v) is 28.8. The Bertz CT molecular complexity index is 7830. The van der Waals surface area contributed by atoms with Crippen molar-refractivity contribution in [3.63, 3.8) is 0 Å². The molecule has 0 aliphatic rings. The molecule has 0 aliphatic carbocycles. The highest BCUT2D eigenvalue weighted by atomic mass is 16.3. The van der Waals surface area contributed by atoms with Gasteiger partial charge in [0, 0.05) is 76.5 Å². The van der Waals surface area contributed by atoms with E-state index in [4.69, 9.17) is 47.6 Å². The van der Waals surface area contributed by atoms with E-state index < -0.39 is 0 Å². The van der Waals surface area contributed by atoms with E-state index in [1.54, 1.807) is 0 Å². The van der Waals surface area contributed by atoms with Crippen LogP contribution in [0, 0.1) is 0 Å². The van der Waals surface area contributed by atoms with Gasteiger partial charge in [-0.3, -0.25) is 0 Å². The number of hydrogen-bond donors (Lipinski definition) is 0. The number of hydrogen-bond acceptors (Lipinski definition) is 10. The quantitative estimate of drug-likeness (QED) is 0.115. The van der Waals surface area contributed by atoms with Crippen LogP contribution in [0.1, 0.15) is 0 Å². The van der Waals surface area contributed by atoms with Crippen molar-refractivity contribution in [2.45, 2.75) is 0 Å². The molecule has 6 aromatic heterocycles. The van der Waals surface area contributed by atoms with Crippen molar-refractivity contribution in [1.82, 2.24) is 29.9 Å². The fourth-order valence-corrected chi connectivity index (χ4v) is 16.7. The summed E-state index contributed by atoms with van der Waals surface area (Å²) in [6, 6.07) is 123. The molecule has 0 N–H and O–H groups in total. The average Bonchev–Trinajstić information content (AvgIpc) is 1.58.